The highest BCUT2D eigenvalue weighted by Gasteiger charge is 2.18. The number of anilines is 3. The summed E-state index contributed by atoms with van der Waals surface area (Å²) in [6, 6.07) is 13.6. The van der Waals surface area contributed by atoms with Crippen LogP contribution in [0.1, 0.15) is 12.5 Å². The SMILES string of the molecule is Cc1ccc(Nc2nnc(SC(C)C(=O)Nc3ccc(S(N)(=O)=O)cc3)s2)cc1. The summed E-state index contributed by atoms with van der Waals surface area (Å²) in [4.78, 5) is 12.4. The fourth-order valence-electron chi connectivity index (χ4n) is 2.24. The number of hydrogen-bond donors (Lipinski definition) is 3. The standard InChI is InChI=1S/C18H19N5O3S3/c1-11-3-5-14(6-4-11)21-17-22-23-18(28-17)27-12(2)16(24)20-13-7-9-15(10-8-13)29(19,25)26/h3-10,12H,1-2H3,(H,20,24)(H,21,22)(H2,19,25,26). The monoisotopic (exact) mass is 449 g/mol. The lowest BCUT2D eigenvalue weighted by molar-refractivity contribution is -0.115. The van der Waals surface area contributed by atoms with Gasteiger partial charge in [-0.15, -0.1) is 10.2 Å². The van der Waals surface area contributed by atoms with Gasteiger partial charge in [-0.3, -0.25) is 4.79 Å². The Labute approximate surface area is 177 Å². The second-order valence-corrected chi connectivity index (χ2v) is 10.3. The van der Waals surface area contributed by atoms with Gasteiger partial charge in [0.25, 0.3) is 0 Å². The van der Waals surface area contributed by atoms with Crippen LogP contribution in [0, 0.1) is 6.92 Å². The van der Waals surface area contributed by atoms with Crippen molar-refractivity contribution in [1.82, 2.24) is 10.2 Å². The zero-order valence-electron chi connectivity index (χ0n) is 15.6. The third-order valence-electron chi connectivity index (χ3n) is 3.81. The fourth-order valence-corrected chi connectivity index (χ4v) is 4.68. The van der Waals surface area contributed by atoms with E-state index in [0.717, 1.165) is 5.69 Å². The van der Waals surface area contributed by atoms with Gasteiger partial charge in [0.2, 0.25) is 21.1 Å². The van der Waals surface area contributed by atoms with E-state index >= 15 is 0 Å². The maximum Gasteiger partial charge on any atom is 0.238 e. The van der Waals surface area contributed by atoms with Crippen molar-refractivity contribution in [3.05, 3.63) is 54.1 Å². The molecule has 0 bridgehead atoms. The molecule has 0 aliphatic carbocycles. The smallest absolute Gasteiger partial charge is 0.238 e. The van der Waals surface area contributed by atoms with Gasteiger partial charge >= 0.3 is 0 Å². The molecule has 0 aliphatic rings. The Bertz CT molecular complexity index is 1100. The largest absolute Gasteiger partial charge is 0.330 e. The maximum absolute atomic E-state index is 12.4. The van der Waals surface area contributed by atoms with Crippen LogP contribution in [-0.2, 0) is 14.8 Å². The number of rotatable bonds is 7. The van der Waals surface area contributed by atoms with Gasteiger partial charge in [-0.2, -0.15) is 0 Å². The molecule has 0 saturated heterocycles. The van der Waals surface area contributed by atoms with Crippen molar-refractivity contribution in [2.75, 3.05) is 10.6 Å². The number of amides is 1. The molecule has 8 nitrogen and oxygen atoms in total. The number of nitrogens with two attached hydrogens (primary N) is 1. The van der Waals surface area contributed by atoms with Gasteiger partial charge in [0.05, 0.1) is 10.1 Å². The van der Waals surface area contributed by atoms with Crippen LogP contribution in [0.5, 0.6) is 0 Å². The van der Waals surface area contributed by atoms with E-state index in [4.69, 9.17) is 5.14 Å². The minimum Gasteiger partial charge on any atom is -0.330 e. The highest BCUT2D eigenvalue weighted by Crippen LogP contribution is 2.31. The predicted octanol–water partition coefficient (Wildman–Crippen LogP) is 3.36. The minimum atomic E-state index is -3.76. The quantitative estimate of drug-likeness (QED) is 0.472. The van der Waals surface area contributed by atoms with Crippen molar-refractivity contribution in [2.45, 2.75) is 28.3 Å². The van der Waals surface area contributed by atoms with Crippen LogP contribution in [0.25, 0.3) is 0 Å². The van der Waals surface area contributed by atoms with E-state index < -0.39 is 15.3 Å². The number of thioether (sulfide) groups is 1. The van der Waals surface area contributed by atoms with Crippen LogP contribution in [0.3, 0.4) is 0 Å². The number of carbonyl (C=O) groups excluding carboxylic acids is 1. The molecule has 11 heteroatoms. The lowest BCUT2D eigenvalue weighted by atomic mass is 10.2. The normalized spacial score (nSPS) is 12.4. The fraction of sp³-hybridized carbons (Fsp3) is 0.167. The van der Waals surface area contributed by atoms with Crippen LogP contribution in [0.15, 0.2) is 57.8 Å². The number of benzene rings is 2. The Morgan fingerprint density at radius 1 is 1.07 bits per heavy atom. The molecule has 4 N–H and O–H groups in total. The highest BCUT2D eigenvalue weighted by molar-refractivity contribution is 8.02. The number of hydrogen-bond acceptors (Lipinski definition) is 8. The van der Waals surface area contributed by atoms with Gasteiger partial charge in [0.15, 0.2) is 4.34 Å². The third-order valence-corrected chi connectivity index (χ3v) is 6.76. The molecule has 29 heavy (non-hydrogen) atoms. The topological polar surface area (TPSA) is 127 Å². The molecule has 1 aromatic heterocycles. The van der Waals surface area contributed by atoms with Gasteiger partial charge < -0.3 is 10.6 Å². The summed E-state index contributed by atoms with van der Waals surface area (Å²) >= 11 is 2.65. The average molecular weight is 450 g/mol. The first-order valence-corrected chi connectivity index (χ1v) is 11.7. The van der Waals surface area contributed by atoms with E-state index in [0.29, 0.717) is 15.2 Å². The van der Waals surface area contributed by atoms with E-state index in [2.05, 4.69) is 20.8 Å². The van der Waals surface area contributed by atoms with Crippen molar-refractivity contribution in [3.8, 4) is 0 Å². The van der Waals surface area contributed by atoms with Crippen LogP contribution >= 0.6 is 23.1 Å². The molecule has 1 atom stereocenters. The number of primary sulfonamides is 1. The Hall–Kier alpha value is -2.47. The van der Waals surface area contributed by atoms with Gasteiger partial charge in [0, 0.05) is 11.4 Å². The minimum absolute atomic E-state index is 0.0135. The summed E-state index contributed by atoms with van der Waals surface area (Å²) in [5.74, 6) is -0.235. The number of sulfonamides is 1. The molecule has 2 aromatic carbocycles. The third kappa shape index (κ3) is 6.00. The van der Waals surface area contributed by atoms with Gasteiger partial charge in [-0.25, -0.2) is 13.6 Å². The average Bonchev–Trinajstić information content (AvgIpc) is 3.10. The number of carbonyl (C=O) groups is 1. The molecular weight excluding hydrogens is 430 g/mol. The van der Waals surface area contributed by atoms with Crippen LogP contribution in [0.2, 0.25) is 0 Å². The molecule has 3 aromatic rings. The first kappa shape index (κ1) is 21.2. The molecule has 3 rings (SSSR count). The molecule has 1 unspecified atom stereocenters. The second kappa shape index (κ2) is 8.91. The van der Waals surface area contributed by atoms with Crippen molar-refractivity contribution in [3.63, 3.8) is 0 Å². The highest BCUT2D eigenvalue weighted by atomic mass is 32.2. The van der Waals surface area contributed by atoms with Crippen molar-refractivity contribution in [2.24, 2.45) is 5.14 Å². The molecule has 0 radical (unpaired) electrons. The Kier molecular flexibility index (Phi) is 6.52. The van der Waals surface area contributed by atoms with E-state index in [-0.39, 0.29) is 10.8 Å². The molecule has 1 amide bonds. The molecule has 0 fully saturated rings. The summed E-state index contributed by atoms with van der Waals surface area (Å²) in [5, 5.41) is 19.4. The molecule has 0 spiro atoms. The Morgan fingerprint density at radius 2 is 1.69 bits per heavy atom. The van der Waals surface area contributed by atoms with E-state index in [1.807, 2.05) is 31.2 Å². The van der Waals surface area contributed by atoms with Crippen LogP contribution in [-0.4, -0.2) is 29.8 Å². The lowest BCUT2D eigenvalue weighted by Crippen LogP contribution is -2.22. The second-order valence-electron chi connectivity index (χ2n) is 6.18. The van der Waals surface area contributed by atoms with Gasteiger partial charge in [0.1, 0.15) is 0 Å². The van der Waals surface area contributed by atoms with Gasteiger partial charge in [-0.05, 0) is 50.2 Å². The zero-order valence-corrected chi connectivity index (χ0v) is 18.1. The first-order valence-electron chi connectivity index (χ1n) is 8.48. The Morgan fingerprint density at radius 3 is 2.31 bits per heavy atom. The zero-order chi connectivity index (χ0) is 21.0. The van der Waals surface area contributed by atoms with Crippen molar-refractivity contribution >= 4 is 55.5 Å². The van der Waals surface area contributed by atoms with Crippen molar-refractivity contribution < 1.29 is 13.2 Å². The summed E-state index contributed by atoms with van der Waals surface area (Å²) in [6.07, 6.45) is 0. The number of aromatic nitrogens is 2. The summed E-state index contributed by atoms with van der Waals surface area (Å²) in [6.45, 7) is 3.78. The van der Waals surface area contributed by atoms with Crippen LogP contribution in [0.4, 0.5) is 16.5 Å². The summed E-state index contributed by atoms with van der Waals surface area (Å²) in [7, 11) is -3.76. The number of aryl methyl sites for hydroxylation is 1. The van der Waals surface area contributed by atoms with Crippen molar-refractivity contribution in [1.29, 1.82) is 0 Å². The molecule has 152 valence electrons. The van der Waals surface area contributed by atoms with Crippen LogP contribution < -0.4 is 15.8 Å². The predicted molar refractivity (Wildman–Crippen MR) is 116 cm³/mol. The summed E-state index contributed by atoms with van der Waals surface area (Å²) in [5.41, 5.74) is 2.56. The number of nitrogens with zero attached hydrogens (tertiary/aromatic N) is 2. The molecule has 0 aliphatic heterocycles. The van der Waals surface area contributed by atoms with Gasteiger partial charge in [-0.1, -0.05) is 40.8 Å². The molecule has 1 heterocycles. The maximum atomic E-state index is 12.4. The van der Waals surface area contributed by atoms with E-state index in [1.54, 1.807) is 6.92 Å². The molecule has 0 saturated carbocycles. The van der Waals surface area contributed by atoms with E-state index in [1.165, 1.54) is 52.9 Å². The van der Waals surface area contributed by atoms with E-state index in [9.17, 15) is 13.2 Å². The molecular formula is C18H19N5O3S3. The first-order chi connectivity index (χ1) is 13.7. The number of nitrogens with one attached hydrogen (secondary N) is 2. The lowest BCUT2D eigenvalue weighted by Gasteiger charge is -2.10. The Balaban J connectivity index is 1.57. The summed E-state index contributed by atoms with van der Waals surface area (Å²) < 4.78 is 23.2.